The average molecular weight is 384 g/mol. The highest BCUT2D eigenvalue weighted by Gasteiger charge is 2.67. The van der Waals surface area contributed by atoms with E-state index in [1.807, 2.05) is 46.2 Å². The van der Waals surface area contributed by atoms with Crippen LogP contribution in [0.25, 0.3) is 0 Å². The van der Waals surface area contributed by atoms with Crippen LogP contribution in [0.1, 0.15) is 5.56 Å². The van der Waals surface area contributed by atoms with Crippen molar-refractivity contribution >= 4 is 11.8 Å². The molecular weight excluding hydrogens is 360 g/mol. The first kappa shape index (κ1) is 17.7. The summed E-state index contributed by atoms with van der Waals surface area (Å²) in [7, 11) is 1.63. The Balaban J connectivity index is 1.38. The quantitative estimate of drug-likeness (QED) is 0.720. The van der Waals surface area contributed by atoms with Crippen molar-refractivity contribution in [1.29, 1.82) is 0 Å². The Morgan fingerprint density at radius 1 is 1.32 bits per heavy atom. The van der Waals surface area contributed by atoms with Gasteiger partial charge in [0.15, 0.2) is 0 Å². The number of methoxy groups -OCH3 is 1. The van der Waals surface area contributed by atoms with Gasteiger partial charge in [0, 0.05) is 19.6 Å². The smallest absolute Gasteiger partial charge is 0.230 e. The molecule has 4 aliphatic rings. The Labute approximate surface area is 163 Å². The van der Waals surface area contributed by atoms with Crippen LogP contribution in [0.4, 0.5) is 0 Å². The van der Waals surface area contributed by atoms with Crippen LogP contribution < -0.4 is 4.74 Å². The lowest BCUT2D eigenvalue weighted by Gasteiger charge is -2.32. The van der Waals surface area contributed by atoms with Crippen LogP contribution in [-0.2, 0) is 25.6 Å². The summed E-state index contributed by atoms with van der Waals surface area (Å²) in [6.07, 6.45) is 3.65. The summed E-state index contributed by atoms with van der Waals surface area (Å²) in [5, 5.41) is 0. The van der Waals surface area contributed by atoms with Gasteiger partial charge in [0.2, 0.25) is 11.8 Å². The van der Waals surface area contributed by atoms with Crippen LogP contribution in [0.2, 0.25) is 0 Å². The number of rotatable bonds is 4. The Morgan fingerprint density at radius 3 is 2.93 bits per heavy atom. The maximum absolute atomic E-state index is 13.3. The highest BCUT2D eigenvalue weighted by atomic mass is 16.5. The fraction of sp³-hybridized carbons (Fsp3) is 0.524. The molecule has 2 bridgehead atoms. The lowest BCUT2D eigenvalue weighted by atomic mass is 9.76. The van der Waals surface area contributed by atoms with E-state index in [2.05, 4.69) is 0 Å². The molecular formula is C21H24N2O5. The van der Waals surface area contributed by atoms with E-state index < -0.39 is 17.4 Å². The fourth-order valence-electron chi connectivity index (χ4n) is 4.98. The largest absolute Gasteiger partial charge is 0.497 e. The van der Waals surface area contributed by atoms with Crippen LogP contribution >= 0.6 is 0 Å². The number of benzene rings is 1. The van der Waals surface area contributed by atoms with Crippen molar-refractivity contribution in [2.24, 2.45) is 11.8 Å². The molecule has 4 atom stereocenters. The molecule has 0 aromatic heterocycles. The van der Waals surface area contributed by atoms with Gasteiger partial charge >= 0.3 is 0 Å². The van der Waals surface area contributed by atoms with Crippen LogP contribution in [0.5, 0.6) is 5.75 Å². The van der Waals surface area contributed by atoms with Crippen LogP contribution in [0, 0.1) is 11.8 Å². The maximum atomic E-state index is 13.3. The van der Waals surface area contributed by atoms with Gasteiger partial charge in [-0.15, -0.1) is 0 Å². The molecule has 2 amide bonds. The van der Waals surface area contributed by atoms with Crippen molar-refractivity contribution in [2.75, 3.05) is 40.0 Å². The number of ether oxygens (including phenoxy) is 3. The summed E-state index contributed by atoms with van der Waals surface area (Å²) in [4.78, 5) is 30.1. The Morgan fingerprint density at radius 2 is 2.14 bits per heavy atom. The molecule has 0 saturated carbocycles. The third-order valence-corrected chi connectivity index (χ3v) is 6.29. The minimum atomic E-state index is -0.673. The predicted octanol–water partition coefficient (Wildman–Crippen LogP) is 0.836. The molecule has 148 valence electrons. The minimum absolute atomic E-state index is 0.00118. The van der Waals surface area contributed by atoms with E-state index in [1.165, 1.54) is 0 Å². The monoisotopic (exact) mass is 384 g/mol. The minimum Gasteiger partial charge on any atom is -0.497 e. The molecule has 1 spiro atoms. The summed E-state index contributed by atoms with van der Waals surface area (Å²) in [6.45, 7) is 3.21. The average Bonchev–Trinajstić information content (AvgIpc) is 3.37. The number of nitrogens with zero attached hydrogens (tertiary/aromatic N) is 2. The molecule has 4 aliphatic heterocycles. The number of hydrogen-bond acceptors (Lipinski definition) is 5. The van der Waals surface area contributed by atoms with Crippen LogP contribution in [0.3, 0.4) is 0 Å². The topological polar surface area (TPSA) is 68.3 Å². The Kier molecular flexibility index (Phi) is 4.17. The van der Waals surface area contributed by atoms with E-state index >= 15 is 0 Å². The van der Waals surface area contributed by atoms with E-state index in [1.54, 1.807) is 7.11 Å². The number of likely N-dealkylation sites (tertiary alicyclic amines) is 1. The standard InChI is InChI=1S/C21H24N2O5/c1-26-15-4-2-3-14(11-15)12-23-13-21-6-5-16(28-21)17(18(21)20(23)25)19(24)22-7-9-27-10-8-22/h2-6,11,16-18H,7-10,12-13H2,1H3/t16-,17-,18-,21-/m0/s1. The zero-order valence-corrected chi connectivity index (χ0v) is 15.9. The summed E-state index contributed by atoms with van der Waals surface area (Å²) in [5.41, 5.74) is 0.325. The molecule has 0 N–H and O–H groups in total. The predicted molar refractivity (Wildman–Crippen MR) is 99.5 cm³/mol. The highest BCUT2D eigenvalue weighted by molar-refractivity contribution is 5.93. The van der Waals surface area contributed by atoms with E-state index in [0.29, 0.717) is 39.4 Å². The molecule has 3 saturated heterocycles. The van der Waals surface area contributed by atoms with Crippen LogP contribution in [-0.4, -0.2) is 73.3 Å². The van der Waals surface area contributed by atoms with Gasteiger partial charge in [-0.05, 0) is 17.7 Å². The van der Waals surface area contributed by atoms with Gasteiger partial charge in [-0.25, -0.2) is 0 Å². The second-order valence-corrected chi connectivity index (χ2v) is 7.88. The SMILES string of the molecule is COc1cccc(CN2C[C@]34C=C[C@H](O3)[C@H](C(=O)N3CCOCC3)[C@H]4C2=O)c1. The van der Waals surface area contributed by atoms with Crippen molar-refractivity contribution in [3.8, 4) is 5.75 Å². The zero-order chi connectivity index (χ0) is 19.3. The van der Waals surface area contributed by atoms with E-state index in [0.717, 1.165) is 11.3 Å². The number of carbonyl (C=O) groups excluding carboxylic acids is 2. The van der Waals surface area contributed by atoms with Crippen molar-refractivity contribution in [2.45, 2.75) is 18.2 Å². The molecule has 3 fully saturated rings. The first-order valence-corrected chi connectivity index (χ1v) is 9.77. The van der Waals surface area contributed by atoms with Crippen molar-refractivity contribution in [1.82, 2.24) is 9.80 Å². The highest BCUT2D eigenvalue weighted by Crippen LogP contribution is 2.52. The fourth-order valence-corrected chi connectivity index (χ4v) is 4.98. The van der Waals surface area contributed by atoms with Gasteiger partial charge in [0.1, 0.15) is 11.4 Å². The number of morpholine rings is 1. The number of fused-ring (bicyclic) bond motifs is 1. The summed E-state index contributed by atoms with van der Waals surface area (Å²) in [5.74, 6) is -0.100. The maximum Gasteiger partial charge on any atom is 0.230 e. The number of carbonyl (C=O) groups is 2. The third kappa shape index (κ3) is 2.64. The van der Waals surface area contributed by atoms with E-state index in [4.69, 9.17) is 14.2 Å². The van der Waals surface area contributed by atoms with E-state index in [9.17, 15) is 9.59 Å². The second-order valence-electron chi connectivity index (χ2n) is 7.88. The second kappa shape index (κ2) is 6.60. The van der Waals surface area contributed by atoms with Gasteiger partial charge in [-0.3, -0.25) is 9.59 Å². The molecule has 7 nitrogen and oxygen atoms in total. The molecule has 4 heterocycles. The third-order valence-electron chi connectivity index (χ3n) is 6.29. The molecule has 0 unspecified atom stereocenters. The molecule has 28 heavy (non-hydrogen) atoms. The summed E-state index contributed by atoms with van der Waals surface area (Å²) in [6, 6.07) is 7.71. The van der Waals surface area contributed by atoms with Crippen molar-refractivity contribution in [3.63, 3.8) is 0 Å². The number of hydrogen-bond donors (Lipinski definition) is 0. The molecule has 1 aromatic carbocycles. The van der Waals surface area contributed by atoms with Gasteiger partial charge in [0.25, 0.3) is 0 Å². The first-order chi connectivity index (χ1) is 13.6. The molecule has 1 aromatic rings. The van der Waals surface area contributed by atoms with E-state index in [-0.39, 0.29) is 17.9 Å². The van der Waals surface area contributed by atoms with Gasteiger partial charge in [-0.2, -0.15) is 0 Å². The van der Waals surface area contributed by atoms with Gasteiger partial charge < -0.3 is 24.0 Å². The number of amides is 2. The summed E-state index contributed by atoms with van der Waals surface area (Å²) >= 11 is 0. The Hall–Kier alpha value is -2.38. The summed E-state index contributed by atoms with van der Waals surface area (Å²) < 4.78 is 16.9. The van der Waals surface area contributed by atoms with Crippen molar-refractivity contribution < 1.29 is 23.8 Å². The first-order valence-electron chi connectivity index (χ1n) is 9.77. The molecule has 0 aliphatic carbocycles. The molecule has 0 radical (unpaired) electrons. The van der Waals surface area contributed by atoms with Gasteiger partial charge in [0.05, 0.1) is 44.8 Å². The molecule has 7 heteroatoms. The normalized spacial score (nSPS) is 33.5. The van der Waals surface area contributed by atoms with Crippen LogP contribution in [0.15, 0.2) is 36.4 Å². The zero-order valence-electron chi connectivity index (χ0n) is 15.9. The van der Waals surface area contributed by atoms with Gasteiger partial charge in [-0.1, -0.05) is 24.3 Å². The lowest BCUT2D eigenvalue weighted by molar-refractivity contribution is -0.146. The molecule has 5 rings (SSSR count). The van der Waals surface area contributed by atoms with Crippen molar-refractivity contribution in [3.05, 3.63) is 42.0 Å². The Bertz CT molecular complexity index is 834. The lowest BCUT2D eigenvalue weighted by Crippen LogP contribution is -2.49.